The van der Waals surface area contributed by atoms with E-state index in [4.69, 9.17) is 9.47 Å². The molecule has 3 atom stereocenters. The summed E-state index contributed by atoms with van der Waals surface area (Å²) in [6.45, 7) is 4.15. The van der Waals surface area contributed by atoms with Crippen LogP contribution in [0.3, 0.4) is 0 Å². The maximum absolute atomic E-state index is 12.4. The Morgan fingerprint density at radius 2 is 1.63 bits per heavy atom. The largest absolute Gasteiger partial charge is 0.481 e. The fourth-order valence-corrected chi connectivity index (χ4v) is 4.83. The van der Waals surface area contributed by atoms with E-state index in [1.54, 1.807) is 0 Å². The Morgan fingerprint density at radius 1 is 1.00 bits per heavy atom. The summed E-state index contributed by atoms with van der Waals surface area (Å²) in [7, 11) is 0. The van der Waals surface area contributed by atoms with Gasteiger partial charge in [0.05, 0.1) is 12.0 Å². The van der Waals surface area contributed by atoms with Crippen LogP contribution < -0.4 is 10.6 Å². The number of ether oxygens (including phenoxy) is 2. The van der Waals surface area contributed by atoms with Crippen molar-refractivity contribution in [2.75, 3.05) is 19.7 Å². The summed E-state index contributed by atoms with van der Waals surface area (Å²) in [5.41, 5.74) is 4.64. The van der Waals surface area contributed by atoms with Crippen LogP contribution in [-0.4, -0.2) is 55.0 Å². The monoisotopic (exact) mass is 480 g/mol. The lowest BCUT2D eigenvalue weighted by Crippen LogP contribution is -2.41. The summed E-state index contributed by atoms with van der Waals surface area (Å²) in [4.78, 5) is 36.1. The van der Waals surface area contributed by atoms with Gasteiger partial charge in [0.15, 0.2) is 0 Å². The van der Waals surface area contributed by atoms with Crippen molar-refractivity contribution >= 4 is 18.0 Å². The topological polar surface area (TPSA) is 114 Å². The van der Waals surface area contributed by atoms with Crippen LogP contribution in [0.2, 0.25) is 0 Å². The number of aliphatic carboxylic acids is 1. The first kappa shape index (κ1) is 24.7. The molecule has 1 aliphatic heterocycles. The van der Waals surface area contributed by atoms with E-state index >= 15 is 0 Å². The van der Waals surface area contributed by atoms with Crippen molar-refractivity contribution in [3.63, 3.8) is 0 Å². The molecule has 2 aromatic rings. The minimum absolute atomic E-state index is 0.00979. The highest BCUT2D eigenvalue weighted by Crippen LogP contribution is 2.44. The highest BCUT2D eigenvalue weighted by Gasteiger charge is 2.33. The van der Waals surface area contributed by atoms with Crippen molar-refractivity contribution < 1.29 is 29.0 Å². The number of carboxylic acid groups (broad SMARTS) is 1. The summed E-state index contributed by atoms with van der Waals surface area (Å²) in [5.74, 6) is -2.00. The van der Waals surface area contributed by atoms with Gasteiger partial charge in [-0.05, 0) is 41.0 Å². The number of hydrogen-bond acceptors (Lipinski definition) is 5. The normalized spacial score (nSPS) is 19.6. The van der Waals surface area contributed by atoms with Crippen molar-refractivity contribution in [3.05, 3.63) is 59.7 Å². The summed E-state index contributed by atoms with van der Waals surface area (Å²) in [6.07, 6.45) is -0.335. The van der Waals surface area contributed by atoms with E-state index in [9.17, 15) is 19.5 Å². The highest BCUT2D eigenvalue weighted by atomic mass is 16.5. The smallest absolute Gasteiger partial charge is 0.407 e. The average molecular weight is 481 g/mol. The third-order valence-corrected chi connectivity index (χ3v) is 6.84. The van der Waals surface area contributed by atoms with Gasteiger partial charge in [0.25, 0.3) is 0 Å². The predicted molar refractivity (Wildman–Crippen MR) is 130 cm³/mol. The van der Waals surface area contributed by atoms with Gasteiger partial charge in [0, 0.05) is 19.0 Å². The molecule has 4 rings (SSSR count). The molecular formula is C27H32N2O6. The quantitative estimate of drug-likeness (QED) is 0.506. The van der Waals surface area contributed by atoms with Crippen LogP contribution in [0.1, 0.15) is 43.7 Å². The van der Waals surface area contributed by atoms with Gasteiger partial charge in [-0.25, -0.2) is 4.79 Å². The fourth-order valence-electron chi connectivity index (χ4n) is 4.83. The van der Waals surface area contributed by atoms with Crippen LogP contribution in [-0.2, 0) is 19.1 Å². The van der Waals surface area contributed by atoms with E-state index in [1.165, 1.54) is 11.1 Å². The number of alkyl carbamates (subject to hydrolysis) is 1. The van der Waals surface area contributed by atoms with Crippen LogP contribution >= 0.6 is 0 Å². The Bertz CT molecular complexity index is 1040. The molecule has 0 bridgehead atoms. The van der Waals surface area contributed by atoms with Gasteiger partial charge in [-0.3, -0.25) is 9.59 Å². The second kappa shape index (κ2) is 10.9. The van der Waals surface area contributed by atoms with E-state index in [-0.39, 0.29) is 43.5 Å². The molecule has 2 aromatic carbocycles. The molecule has 8 nitrogen and oxygen atoms in total. The molecule has 1 fully saturated rings. The van der Waals surface area contributed by atoms with Crippen molar-refractivity contribution in [1.29, 1.82) is 0 Å². The average Bonchev–Trinajstić information content (AvgIpc) is 3.44. The number of carbonyl (C=O) groups is 3. The molecule has 35 heavy (non-hydrogen) atoms. The second-order valence-electron chi connectivity index (χ2n) is 9.46. The van der Waals surface area contributed by atoms with E-state index < -0.39 is 24.1 Å². The molecule has 2 aliphatic rings. The first-order valence-corrected chi connectivity index (χ1v) is 12.1. The molecule has 1 saturated heterocycles. The maximum Gasteiger partial charge on any atom is 0.407 e. The number of fused-ring (bicyclic) bond motifs is 3. The van der Waals surface area contributed by atoms with E-state index in [1.807, 2.05) is 38.1 Å². The first-order valence-electron chi connectivity index (χ1n) is 12.1. The van der Waals surface area contributed by atoms with Crippen LogP contribution in [0.15, 0.2) is 48.5 Å². The number of hydrogen-bond donors (Lipinski definition) is 3. The third kappa shape index (κ3) is 5.65. The number of carboxylic acids is 1. The molecule has 1 heterocycles. The highest BCUT2D eigenvalue weighted by molar-refractivity contribution is 5.82. The molecule has 0 radical (unpaired) electrons. The van der Waals surface area contributed by atoms with Gasteiger partial charge >= 0.3 is 12.1 Å². The molecule has 1 aliphatic carbocycles. The predicted octanol–water partition coefficient (Wildman–Crippen LogP) is 3.55. The molecule has 0 spiro atoms. The number of benzene rings is 2. The lowest BCUT2D eigenvalue weighted by atomic mass is 9.96. The van der Waals surface area contributed by atoms with Crippen molar-refractivity contribution in [2.45, 2.75) is 44.8 Å². The van der Waals surface area contributed by atoms with Gasteiger partial charge in [-0.2, -0.15) is 0 Å². The number of amides is 2. The molecule has 3 unspecified atom stereocenters. The third-order valence-electron chi connectivity index (χ3n) is 6.84. The Labute approximate surface area is 205 Å². The zero-order valence-electron chi connectivity index (χ0n) is 20.0. The van der Waals surface area contributed by atoms with Crippen LogP contribution in [0.4, 0.5) is 4.79 Å². The van der Waals surface area contributed by atoms with E-state index in [2.05, 4.69) is 34.9 Å². The standard InChI is InChI=1S/C27H32N2O6/c1-16(2)22(26(31)32)14-28-25(30)24-12-11-17(35-24)13-29-27(33)34-15-23-20-9-5-3-7-18(20)19-8-4-6-10-21(19)23/h3-10,16-17,22-24H,11-15H2,1-2H3,(H,28,30)(H,29,33)(H,31,32). The minimum atomic E-state index is -0.933. The second-order valence-corrected chi connectivity index (χ2v) is 9.46. The molecule has 3 N–H and O–H groups in total. The van der Waals surface area contributed by atoms with Crippen molar-refractivity contribution in [1.82, 2.24) is 10.6 Å². The van der Waals surface area contributed by atoms with E-state index in [0.29, 0.717) is 12.8 Å². The van der Waals surface area contributed by atoms with Crippen LogP contribution in [0, 0.1) is 11.8 Å². The lowest BCUT2D eigenvalue weighted by molar-refractivity contribution is -0.143. The van der Waals surface area contributed by atoms with Crippen molar-refractivity contribution in [2.24, 2.45) is 11.8 Å². The molecule has 186 valence electrons. The number of nitrogens with one attached hydrogen (secondary N) is 2. The van der Waals surface area contributed by atoms with Gasteiger partial charge in [0.2, 0.25) is 5.91 Å². The molecular weight excluding hydrogens is 448 g/mol. The Morgan fingerprint density at radius 3 is 2.23 bits per heavy atom. The van der Waals surface area contributed by atoms with Crippen molar-refractivity contribution in [3.8, 4) is 11.1 Å². The van der Waals surface area contributed by atoms with Gasteiger partial charge in [-0.15, -0.1) is 0 Å². The van der Waals surface area contributed by atoms with Crippen LogP contribution in [0.25, 0.3) is 11.1 Å². The minimum Gasteiger partial charge on any atom is -0.481 e. The summed E-state index contributed by atoms with van der Waals surface area (Å²) in [5, 5.41) is 14.7. The zero-order chi connectivity index (χ0) is 24.9. The Kier molecular flexibility index (Phi) is 7.70. The summed E-state index contributed by atoms with van der Waals surface area (Å²) in [6, 6.07) is 16.3. The zero-order valence-corrected chi connectivity index (χ0v) is 20.0. The van der Waals surface area contributed by atoms with Gasteiger partial charge < -0.3 is 25.2 Å². The maximum atomic E-state index is 12.4. The summed E-state index contributed by atoms with van der Waals surface area (Å²) >= 11 is 0. The SMILES string of the molecule is CC(C)C(CNC(=O)C1CCC(CNC(=O)OCC2c3ccccc3-c3ccccc32)O1)C(=O)O. The molecule has 8 heteroatoms. The van der Waals surface area contributed by atoms with Gasteiger partial charge in [0.1, 0.15) is 12.7 Å². The first-order chi connectivity index (χ1) is 16.8. The van der Waals surface area contributed by atoms with Crippen LogP contribution in [0.5, 0.6) is 0 Å². The fraction of sp³-hybridized carbons (Fsp3) is 0.444. The van der Waals surface area contributed by atoms with Gasteiger partial charge in [-0.1, -0.05) is 62.4 Å². The molecule has 0 saturated carbocycles. The Balaban J connectivity index is 1.22. The summed E-state index contributed by atoms with van der Waals surface area (Å²) < 4.78 is 11.3. The number of carbonyl (C=O) groups excluding carboxylic acids is 2. The lowest BCUT2D eigenvalue weighted by Gasteiger charge is -2.19. The molecule has 0 aromatic heterocycles. The molecule has 2 amide bonds. The van der Waals surface area contributed by atoms with E-state index in [0.717, 1.165) is 11.1 Å². The Hall–Kier alpha value is -3.39. The number of rotatable bonds is 9.